The van der Waals surface area contributed by atoms with Gasteiger partial charge in [-0.05, 0) is 30.3 Å². The van der Waals surface area contributed by atoms with Gasteiger partial charge in [-0.1, -0.05) is 41.9 Å². The summed E-state index contributed by atoms with van der Waals surface area (Å²) in [6, 6.07) is 18.1. The normalized spacial score (nSPS) is 11.5. The average Bonchev–Trinajstić information content (AvgIpc) is 3.02. The van der Waals surface area contributed by atoms with E-state index in [1.165, 1.54) is 12.1 Å². The van der Waals surface area contributed by atoms with E-state index in [1.54, 1.807) is 36.4 Å². The van der Waals surface area contributed by atoms with Crippen LogP contribution in [0.5, 0.6) is 11.5 Å². The molecule has 0 atom stereocenters. The average molecular weight is 417 g/mol. The molecule has 7 nitrogen and oxygen atoms in total. The summed E-state index contributed by atoms with van der Waals surface area (Å²) in [5.41, 5.74) is 0.628. The maximum absolute atomic E-state index is 12.9. The fraction of sp³-hybridized carbons (Fsp3) is 0. The van der Waals surface area contributed by atoms with Gasteiger partial charge >= 0.3 is 5.76 Å². The molecule has 2 N–H and O–H groups in total. The fourth-order valence-electron chi connectivity index (χ4n) is 2.61. The van der Waals surface area contributed by atoms with Gasteiger partial charge in [0.05, 0.1) is 16.2 Å². The lowest BCUT2D eigenvalue weighted by molar-refractivity contribution is 0.485. The Kier molecular flexibility index (Phi) is 4.58. The molecular weight excluding hydrogens is 404 g/mol. The Morgan fingerprint density at radius 2 is 1.71 bits per heavy atom. The molecule has 3 aromatic carbocycles. The van der Waals surface area contributed by atoms with E-state index in [2.05, 4.69) is 9.71 Å². The Morgan fingerprint density at radius 3 is 2.50 bits per heavy atom. The van der Waals surface area contributed by atoms with Gasteiger partial charge in [0.2, 0.25) is 0 Å². The molecule has 1 heterocycles. The molecule has 0 saturated carbocycles. The lowest BCUT2D eigenvalue weighted by atomic mass is 10.3. The van der Waals surface area contributed by atoms with E-state index in [-0.39, 0.29) is 21.2 Å². The Hall–Kier alpha value is -3.23. The lowest BCUT2D eigenvalue weighted by Crippen LogP contribution is -2.14. The minimum atomic E-state index is -4.08. The van der Waals surface area contributed by atoms with Crippen LogP contribution in [0.3, 0.4) is 0 Å². The first-order valence-electron chi connectivity index (χ1n) is 8.09. The number of hydrogen-bond acceptors (Lipinski definition) is 5. The number of aromatic amines is 1. The molecule has 0 aliphatic carbocycles. The summed E-state index contributed by atoms with van der Waals surface area (Å²) in [6.07, 6.45) is 0. The number of halogens is 1. The molecule has 0 amide bonds. The molecule has 28 heavy (non-hydrogen) atoms. The van der Waals surface area contributed by atoms with E-state index in [9.17, 15) is 13.2 Å². The number of para-hydroxylation sites is 3. The van der Waals surface area contributed by atoms with Crippen LogP contribution in [0.2, 0.25) is 5.02 Å². The zero-order valence-corrected chi connectivity index (χ0v) is 15.8. The van der Waals surface area contributed by atoms with Crippen LogP contribution in [-0.2, 0) is 10.0 Å². The van der Waals surface area contributed by atoms with Crippen LogP contribution in [0.25, 0.3) is 11.1 Å². The minimum Gasteiger partial charge on any atom is -0.455 e. The zero-order chi connectivity index (χ0) is 19.7. The number of aromatic nitrogens is 1. The summed E-state index contributed by atoms with van der Waals surface area (Å²) in [6.45, 7) is 0. The molecule has 9 heteroatoms. The van der Waals surface area contributed by atoms with Crippen LogP contribution >= 0.6 is 11.6 Å². The highest BCUT2D eigenvalue weighted by molar-refractivity contribution is 7.92. The molecule has 0 unspecified atom stereocenters. The highest BCUT2D eigenvalue weighted by atomic mass is 35.5. The lowest BCUT2D eigenvalue weighted by Gasteiger charge is -2.14. The van der Waals surface area contributed by atoms with E-state index in [4.69, 9.17) is 20.8 Å². The molecule has 142 valence electrons. The van der Waals surface area contributed by atoms with Gasteiger partial charge in [-0.2, -0.15) is 0 Å². The van der Waals surface area contributed by atoms with Crippen molar-refractivity contribution in [1.82, 2.24) is 4.98 Å². The van der Waals surface area contributed by atoms with Crippen molar-refractivity contribution >= 4 is 38.4 Å². The van der Waals surface area contributed by atoms with Crippen LogP contribution in [-0.4, -0.2) is 13.4 Å². The number of fused-ring (bicyclic) bond motifs is 1. The number of sulfonamides is 1. The van der Waals surface area contributed by atoms with Crippen molar-refractivity contribution < 1.29 is 17.6 Å². The predicted molar refractivity (Wildman–Crippen MR) is 106 cm³/mol. The summed E-state index contributed by atoms with van der Waals surface area (Å²) in [5.74, 6) is 0.181. The topological polar surface area (TPSA) is 101 Å². The second kappa shape index (κ2) is 7.06. The van der Waals surface area contributed by atoms with Gasteiger partial charge in [0.15, 0.2) is 11.3 Å². The van der Waals surface area contributed by atoms with Crippen molar-refractivity contribution in [3.63, 3.8) is 0 Å². The number of oxazole rings is 1. The highest BCUT2D eigenvalue weighted by Crippen LogP contribution is 2.33. The maximum Gasteiger partial charge on any atom is 0.417 e. The first-order valence-corrected chi connectivity index (χ1v) is 9.96. The van der Waals surface area contributed by atoms with Crippen molar-refractivity contribution in [2.45, 2.75) is 4.90 Å². The van der Waals surface area contributed by atoms with Gasteiger partial charge in [-0.25, -0.2) is 13.2 Å². The smallest absolute Gasteiger partial charge is 0.417 e. The van der Waals surface area contributed by atoms with Crippen molar-refractivity contribution in [2.75, 3.05) is 4.72 Å². The number of hydrogen-bond donors (Lipinski definition) is 2. The maximum atomic E-state index is 12.9. The van der Waals surface area contributed by atoms with E-state index in [0.29, 0.717) is 17.0 Å². The Morgan fingerprint density at radius 1 is 1.00 bits per heavy atom. The van der Waals surface area contributed by atoms with Gasteiger partial charge in [0, 0.05) is 6.07 Å². The van der Waals surface area contributed by atoms with Crippen LogP contribution in [0, 0.1) is 0 Å². The molecule has 4 aromatic rings. The first kappa shape index (κ1) is 18.1. The van der Waals surface area contributed by atoms with Gasteiger partial charge in [0.1, 0.15) is 10.6 Å². The largest absolute Gasteiger partial charge is 0.455 e. The van der Waals surface area contributed by atoms with Gasteiger partial charge < -0.3 is 9.15 Å². The van der Waals surface area contributed by atoms with E-state index in [0.717, 1.165) is 0 Å². The third kappa shape index (κ3) is 3.60. The molecule has 4 rings (SSSR count). The number of nitrogens with one attached hydrogen (secondary N) is 2. The van der Waals surface area contributed by atoms with Crippen LogP contribution in [0.1, 0.15) is 0 Å². The molecule has 0 aliphatic heterocycles. The van der Waals surface area contributed by atoms with E-state index >= 15 is 0 Å². The quantitative estimate of drug-likeness (QED) is 0.503. The molecule has 0 aliphatic rings. The van der Waals surface area contributed by atoms with Gasteiger partial charge in [0.25, 0.3) is 10.0 Å². The standard InChI is InChI=1S/C19H13ClN2O5S/c20-13-10-15-17(27-19(23)21-15)11-18(13)28(24,25)22-14-8-4-5-9-16(14)26-12-6-2-1-3-7-12/h1-11,22H,(H,21,23). The van der Waals surface area contributed by atoms with Crippen LogP contribution in [0.15, 0.2) is 80.8 Å². The molecule has 0 spiro atoms. The number of benzene rings is 3. The van der Waals surface area contributed by atoms with E-state index < -0.39 is 15.8 Å². The molecule has 0 fully saturated rings. The number of H-pyrrole nitrogens is 1. The van der Waals surface area contributed by atoms with Crippen molar-refractivity contribution in [2.24, 2.45) is 0 Å². The van der Waals surface area contributed by atoms with Crippen molar-refractivity contribution in [3.8, 4) is 11.5 Å². The van der Waals surface area contributed by atoms with Crippen molar-refractivity contribution in [3.05, 3.63) is 82.3 Å². The van der Waals surface area contributed by atoms with Crippen molar-refractivity contribution in [1.29, 1.82) is 0 Å². The molecular formula is C19H13ClN2O5S. The first-order chi connectivity index (χ1) is 13.4. The van der Waals surface area contributed by atoms with Crippen LogP contribution < -0.4 is 15.2 Å². The summed E-state index contributed by atoms with van der Waals surface area (Å²) >= 11 is 6.12. The molecule has 1 aromatic heterocycles. The summed E-state index contributed by atoms with van der Waals surface area (Å²) in [5, 5.41) is -0.0569. The fourth-order valence-corrected chi connectivity index (χ4v) is 4.23. The molecule has 0 radical (unpaired) electrons. The Balaban J connectivity index is 1.71. The number of rotatable bonds is 5. The molecule has 0 bridgehead atoms. The predicted octanol–water partition coefficient (Wildman–Crippen LogP) is 4.37. The Bertz CT molecular complexity index is 1310. The second-order valence-electron chi connectivity index (χ2n) is 5.81. The Labute approximate surface area is 164 Å². The highest BCUT2D eigenvalue weighted by Gasteiger charge is 2.22. The van der Waals surface area contributed by atoms with E-state index in [1.807, 2.05) is 18.2 Å². The SMILES string of the molecule is O=c1[nH]c2cc(Cl)c(S(=O)(=O)Nc3ccccc3Oc3ccccc3)cc2o1. The van der Waals surface area contributed by atoms with Gasteiger partial charge in [-0.15, -0.1) is 0 Å². The second-order valence-corrected chi connectivity index (χ2v) is 7.87. The summed E-state index contributed by atoms with van der Waals surface area (Å²) in [4.78, 5) is 13.5. The van der Waals surface area contributed by atoms with Crippen LogP contribution in [0.4, 0.5) is 5.69 Å². The minimum absolute atomic E-state index is 0.0569. The number of ether oxygens (including phenoxy) is 1. The molecule has 0 saturated heterocycles. The number of anilines is 1. The third-order valence-corrected chi connectivity index (χ3v) is 5.70. The summed E-state index contributed by atoms with van der Waals surface area (Å²) < 4.78 is 39.0. The third-order valence-electron chi connectivity index (χ3n) is 3.87. The zero-order valence-electron chi connectivity index (χ0n) is 14.2. The summed E-state index contributed by atoms with van der Waals surface area (Å²) in [7, 11) is -4.08. The monoisotopic (exact) mass is 416 g/mol. The van der Waals surface area contributed by atoms with Gasteiger partial charge in [-0.3, -0.25) is 9.71 Å².